The third-order valence-electron chi connectivity index (χ3n) is 3.07. The molecule has 0 radical (unpaired) electrons. The van der Waals surface area contributed by atoms with Crippen molar-refractivity contribution in [1.29, 1.82) is 0 Å². The van der Waals surface area contributed by atoms with Crippen LogP contribution in [0.2, 0.25) is 0 Å². The summed E-state index contributed by atoms with van der Waals surface area (Å²) in [6.45, 7) is 1.60. The summed E-state index contributed by atoms with van der Waals surface area (Å²) in [7, 11) is 0. The molecule has 0 saturated carbocycles. The van der Waals surface area contributed by atoms with E-state index in [0.29, 0.717) is 16.1 Å². The minimum atomic E-state index is 0.0183. The molecule has 1 saturated heterocycles. The minimum absolute atomic E-state index is 0.0183. The van der Waals surface area contributed by atoms with Gasteiger partial charge in [0, 0.05) is 31.2 Å². The second-order valence-corrected chi connectivity index (χ2v) is 6.54. The van der Waals surface area contributed by atoms with Crippen LogP contribution in [0.1, 0.15) is 16.1 Å². The predicted molar refractivity (Wildman–Crippen MR) is 79.7 cm³/mol. The van der Waals surface area contributed by atoms with Crippen LogP contribution in [-0.4, -0.2) is 45.4 Å². The third kappa shape index (κ3) is 2.40. The van der Waals surface area contributed by atoms with Crippen molar-refractivity contribution < 1.29 is 4.79 Å². The molecule has 1 aliphatic heterocycles. The molecule has 1 fully saturated rings. The van der Waals surface area contributed by atoms with Crippen molar-refractivity contribution in [2.24, 2.45) is 0 Å². The average Bonchev–Trinajstić information content (AvgIpc) is 2.64. The molecule has 0 spiro atoms. The van der Waals surface area contributed by atoms with E-state index in [1.807, 2.05) is 16.7 Å². The van der Waals surface area contributed by atoms with E-state index in [0.717, 1.165) is 35.8 Å². The Morgan fingerprint density at radius 1 is 1.26 bits per heavy atom. The van der Waals surface area contributed by atoms with Gasteiger partial charge in [0.2, 0.25) is 0 Å². The van der Waals surface area contributed by atoms with Crippen LogP contribution in [0.15, 0.2) is 12.4 Å². The van der Waals surface area contributed by atoms with Gasteiger partial charge in [0.25, 0.3) is 5.91 Å². The van der Waals surface area contributed by atoms with E-state index < -0.39 is 0 Å². The van der Waals surface area contributed by atoms with Gasteiger partial charge in [-0.05, 0) is 12.2 Å². The number of carbonyl (C=O) groups excluding carboxylic acids is 1. The van der Waals surface area contributed by atoms with Crippen molar-refractivity contribution in [1.82, 2.24) is 14.9 Å². The van der Waals surface area contributed by atoms with Crippen molar-refractivity contribution >= 4 is 45.0 Å². The number of amides is 1. The highest BCUT2D eigenvalue weighted by molar-refractivity contribution is 7.99. The van der Waals surface area contributed by atoms with Gasteiger partial charge >= 0.3 is 0 Å². The van der Waals surface area contributed by atoms with Gasteiger partial charge < -0.3 is 10.6 Å². The Kier molecular flexibility index (Phi) is 3.56. The van der Waals surface area contributed by atoms with Gasteiger partial charge in [-0.25, -0.2) is 9.97 Å². The molecule has 0 unspecified atom stereocenters. The number of thiophene rings is 1. The summed E-state index contributed by atoms with van der Waals surface area (Å²) in [5.74, 6) is 2.13. The Hall–Kier alpha value is -1.34. The normalized spacial score (nSPS) is 16.5. The van der Waals surface area contributed by atoms with Crippen LogP contribution < -0.4 is 5.73 Å². The molecule has 19 heavy (non-hydrogen) atoms. The molecule has 0 aromatic carbocycles. The van der Waals surface area contributed by atoms with Gasteiger partial charge in [-0.3, -0.25) is 4.79 Å². The molecular formula is C12H14N4OS2. The first-order valence-corrected chi connectivity index (χ1v) is 8.10. The highest BCUT2D eigenvalue weighted by Crippen LogP contribution is 2.31. The molecule has 0 bridgehead atoms. The second-order valence-electron chi connectivity index (χ2n) is 4.31. The average molecular weight is 294 g/mol. The summed E-state index contributed by atoms with van der Waals surface area (Å²) in [6.07, 6.45) is 4.26. The molecule has 1 amide bonds. The molecule has 0 aliphatic carbocycles. The van der Waals surface area contributed by atoms with Crippen molar-refractivity contribution in [3.63, 3.8) is 0 Å². The lowest BCUT2D eigenvalue weighted by atomic mass is 10.3. The largest absolute Gasteiger partial charge is 0.396 e. The van der Waals surface area contributed by atoms with E-state index in [1.165, 1.54) is 11.3 Å². The van der Waals surface area contributed by atoms with Crippen LogP contribution in [0.25, 0.3) is 10.3 Å². The Labute approximate surface area is 119 Å². The first-order chi connectivity index (χ1) is 9.27. The van der Waals surface area contributed by atoms with Crippen molar-refractivity contribution in [2.45, 2.75) is 6.42 Å². The fourth-order valence-corrected chi connectivity index (χ4v) is 3.97. The zero-order valence-corrected chi connectivity index (χ0v) is 12.0. The summed E-state index contributed by atoms with van der Waals surface area (Å²) >= 11 is 3.23. The number of rotatable bonds is 1. The van der Waals surface area contributed by atoms with Crippen LogP contribution in [0.3, 0.4) is 0 Å². The molecule has 1 aliphatic rings. The van der Waals surface area contributed by atoms with Gasteiger partial charge in [0.1, 0.15) is 15.2 Å². The number of aromatic nitrogens is 2. The summed E-state index contributed by atoms with van der Waals surface area (Å²) in [5.41, 5.74) is 7.15. The summed E-state index contributed by atoms with van der Waals surface area (Å²) in [5, 5.41) is 0. The molecule has 100 valence electrons. The highest BCUT2D eigenvalue weighted by atomic mass is 32.2. The lowest BCUT2D eigenvalue weighted by molar-refractivity contribution is 0.0774. The number of fused-ring (bicyclic) bond motifs is 1. The molecule has 3 heterocycles. The molecule has 2 aromatic rings. The SMILES string of the molecule is Nc1c(C(=O)N2CCCSCC2)sc2nccnc12. The third-order valence-corrected chi connectivity index (χ3v) is 5.21. The first-order valence-electron chi connectivity index (χ1n) is 6.13. The number of nitrogens with zero attached hydrogens (tertiary/aromatic N) is 3. The van der Waals surface area contributed by atoms with Crippen LogP contribution in [0.4, 0.5) is 5.69 Å². The molecule has 7 heteroatoms. The summed E-state index contributed by atoms with van der Waals surface area (Å²) in [6, 6.07) is 0. The summed E-state index contributed by atoms with van der Waals surface area (Å²) in [4.78, 5) is 24.1. The number of nitrogen functional groups attached to an aromatic ring is 1. The second kappa shape index (κ2) is 5.34. The molecule has 2 aromatic heterocycles. The zero-order valence-electron chi connectivity index (χ0n) is 10.3. The number of hydrogen-bond acceptors (Lipinski definition) is 6. The van der Waals surface area contributed by atoms with Crippen molar-refractivity contribution in [3.05, 3.63) is 17.3 Å². The lowest BCUT2D eigenvalue weighted by Crippen LogP contribution is -2.32. The predicted octanol–water partition coefficient (Wildman–Crippen LogP) is 1.85. The molecular weight excluding hydrogens is 280 g/mol. The van der Waals surface area contributed by atoms with Gasteiger partial charge in [-0.1, -0.05) is 0 Å². The number of nitrogens with two attached hydrogens (primary N) is 1. The Balaban J connectivity index is 1.94. The van der Waals surface area contributed by atoms with E-state index >= 15 is 0 Å². The quantitative estimate of drug-likeness (QED) is 0.869. The van der Waals surface area contributed by atoms with E-state index in [4.69, 9.17) is 5.73 Å². The fourth-order valence-electron chi connectivity index (χ4n) is 2.10. The van der Waals surface area contributed by atoms with E-state index in [1.54, 1.807) is 12.4 Å². The van der Waals surface area contributed by atoms with Gasteiger partial charge in [-0.15, -0.1) is 11.3 Å². The van der Waals surface area contributed by atoms with Crippen LogP contribution in [0.5, 0.6) is 0 Å². The number of thioether (sulfide) groups is 1. The van der Waals surface area contributed by atoms with Crippen molar-refractivity contribution in [2.75, 3.05) is 30.3 Å². The Morgan fingerprint density at radius 3 is 2.95 bits per heavy atom. The lowest BCUT2D eigenvalue weighted by Gasteiger charge is -2.19. The standard InChI is InChI=1S/C12H14N4OS2/c13-8-9-11(15-3-2-14-9)19-10(8)12(17)16-4-1-6-18-7-5-16/h2-3H,1,4-7,13H2. The number of carbonyl (C=O) groups is 1. The molecule has 3 rings (SSSR count). The van der Waals surface area contributed by atoms with E-state index in [9.17, 15) is 4.79 Å². The van der Waals surface area contributed by atoms with Crippen LogP contribution in [0, 0.1) is 0 Å². The molecule has 2 N–H and O–H groups in total. The fraction of sp³-hybridized carbons (Fsp3) is 0.417. The summed E-state index contributed by atoms with van der Waals surface area (Å²) < 4.78 is 0. The smallest absolute Gasteiger partial charge is 0.266 e. The Morgan fingerprint density at radius 2 is 2.11 bits per heavy atom. The highest BCUT2D eigenvalue weighted by Gasteiger charge is 2.23. The maximum absolute atomic E-state index is 12.5. The topological polar surface area (TPSA) is 72.1 Å². The molecule has 0 atom stereocenters. The van der Waals surface area contributed by atoms with Crippen LogP contribution in [-0.2, 0) is 0 Å². The number of anilines is 1. The first kappa shape index (κ1) is 12.7. The molecule has 5 nitrogen and oxygen atoms in total. The van der Waals surface area contributed by atoms with Gasteiger partial charge in [0.05, 0.1) is 5.69 Å². The van der Waals surface area contributed by atoms with Crippen LogP contribution >= 0.6 is 23.1 Å². The maximum atomic E-state index is 12.5. The van der Waals surface area contributed by atoms with Gasteiger partial charge in [-0.2, -0.15) is 11.8 Å². The maximum Gasteiger partial charge on any atom is 0.266 e. The van der Waals surface area contributed by atoms with E-state index in [2.05, 4.69) is 9.97 Å². The zero-order chi connectivity index (χ0) is 13.2. The monoisotopic (exact) mass is 294 g/mol. The minimum Gasteiger partial charge on any atom is -0.396 e. The van der Waals surface area contributed by atoms with E-state index in [-0.39, 0.29) is 5.91 Å². The van der Waals surface area contributed by atoms with Crippen molar-refractivity contribution in [3.8, 4) is 0 Å². The van der Waals surface area contributed by atoms with Gasteiger partial charge in [0.15, 0.2) is 0 Å². The number of hydrogen-bond donors (Lipinski definition) is 1. The Bertz CT molecular complexity index is 605.